The summed E-state index contributed by atoms with van der Waals surface area (Å²) in [5, 5.41) is 14.1. The average molecular weight is 375 g/mol. The van der Waals surface area contributed by atoms with Crippen LogP contribution in [0.2, 0.25) is 0 Å². The molecule has 1 aliphatic heterocycles. The van der Waals surface area contributed by atoms with E-state index >= 15 is 0 Å². The van der Waals surface area contributed by atoms with Crippen molar-refractivity contribution in [1.29, 1.82) is 0 Å². The number of fused-ring (bicyclic) bond motifs is 1. The predicted octanol–water partition coefficient (Wildman–Crippen LogP) is 4.22. The Labute approximate surface area is 163 Å². The summed E-state index contributed by atoms with van der Waals surface area (Å²) in [6, 6.07) is 25.0. The van der Waals surface area contributed by atoms with Crippen LogP contribution >= 0.6 is 0 Å². The molecule has 0 aliphatic carbocycles. The molecule has 1 aliphatic rings. The zero-order valence-electron chi connectivity index (χ0n) is 15.4. The average Bonchev–Trinajstić information content (AvgIpc) is 2.75. The number of para-hydroxylation sites is 2. The maximum absolute atomic E-state index is 11.5. The molecule has 0 bridgehead atoms. The topological polar surface area (TPSA) is 73.8 Å². The Morgan fingerprint density at radius 3 is 2.39 bits per heavy atom. The second-order valence-electron chi connectivity index (χ2n) is 6.90. The second kappa shape index (κ2) is 7.34. The number of amides is 1. The van der Waals surface area contributed by atoms with Gasteiger partial charge in [0, 0.05) is 16.8 Å². The van der Waals surface area contributed by atoms with E-state index in [9.17, 15) is 4.79 Å². The molecule has 0 radical (unpaired) electrons. The van der Waals surface area contributed by atoms with Crippen molar-refractivity contribution in [2.24, 2.45) is 0 Å². The molecule has 0 fully saturated rings. The zero-order chi connectivity index (χ0) is 19.6. The van der Waals surface area contributed by atoms with Gasteiger partial charge in [-0.3, -0.25) is 14.8 Å². The largest absolute Gasteiger partial charge is 0.373 e. The molecule has 6 nitrogen and oxygen atoms in total. The number of carbonyl (C=O) groups excluding carboxylic acids is 1. The van der Waals surface area contributed by atoms with Gasteiger partial charge in [-0.05, 0) is 49.4 Å². The van der Waals surface area contributed by atoms with Crippen LogP contribution in [0.3, 0.4) is 0 Å². The predicted molar refractivity (Wildman–Crippen MR) is 108 cm³/mol. The van der Waals surface area contributed by atoms with Crippen molar-refractivity contribution in [2.75, 3.05) is 17.0 Å². The van der Waals surface area contributed by atoms with Crippen molar-refractivity contribution in [2.45, 2.75) is 12.5 Å². The van der Waals surface area contributed by atoms with Gasteiger partial charge < -0.3 is 5.32 Å². The van der Waals surface area contributed by atoms with E-state index in [2.05, 4.69) is 18.3 Å². The SMILES string of the molecule is CC1(Nc2ccc(C(=O)NO)cc2)CON(c2ccccc2)c2ccccc21. The molecule has 6 heteroatoms. The van der Waals surface area contributed by atoms with Gasteiger partial charge in [0.2, 0.25) is 0 Å². The second-order valence-corrected chi connectivity index (χ2v) is 6.90. The van der Waals surface area contributed by atoms with E-state index in [4.69, 9.17) is 10.0 Å². The first-order valence-corrected chi connectivity index (χ1v) is 9.01. The molecule has 142 valence electrons. The molecular formula is C22H21N3O3. The lowest BCUT2D eigenvalue weighted by Gasteiger charge is -2.42. The molecule has 3 aromatic rings. The maximum atomic E-state index is 11.5. The molecule has 0 aromatic heterocycles. The molecule has 0 spiro atoms. The number of benzene rings is 3. The fraction of sp³-hybridized carbons (Fsp3) is 0.136. The summed E-state index contributed by atoms with van der Waals surface area (Å²) in [5.74, 6) is -0.539. The summed E-state index contributed by atoms with van der Waals surface area (Å²) in [7, 11) is 0. The summed E-state index contributed by atoms with van der Waals surface area (Å²) in [6.45, 7) is 2.51. The van der Waals surface area contributed by atoms with Crippen molar-refractivity contribution in [1.82, 2.24) is 5.48 Å². The Morgan fingerprint density at radius 2 is 1.68 bits per heavy atom. The van der Waals surface area contributed by atoms with Gasteiger partial charge in [-0.15, -0.1) is 0 Å². The third-order valence-electron chi connectivity index (χ3n) is 4.86. The van der Waals surface area contributed by atoms with Gasteiger partial charge >= 0.3 is 0 Å². The first kappa shape index (κ1) is 18.0. The van der Waals surface area contributed by atoms with Crippen LogP contribution in [0.15, 0.2) is 78.9 Å². The Bertz CT molecular complexity index is 976. The molecule has 0 saturated heterocycles. The van der Waals surface area contributed by atoms with Crippen molar-refractivity contribution in [3.8, 4) is 0 Å². The molecular weight excluding hydrogens is 354 g/mol. The quantitative estimate of drug-likeness (QED) is 0.470. The number of nitrogens with zero attached hydrogens (tertiary/aromatic N) is 1. The molecule has 3 N–H and O–H groups in total. The van der Waals surface area contributed by atoms with Gasteiger partial charge in [0.1, 0.15) is 6.61 Å². The molecule has 0 saturated carbocycles. The molecule has 1 unspecified atom stereocenters. The van der Waals surface area contributed by atoms with Gasteiger partial charge in [0.25, 0.3) is 5.91 Å². The lowest BCUT2D eigenvalue weighted by molar-refractivity contribution is 0.0706. The van der Waals surface area contributed by atoms with Crippen LogP contribution in [0.5, 0.6) is 0 Å². The Balaban J connectivity index is 1.65. The van der Waals surface area contributed by atoms with Crippen LogP contribution in [-0.2, 0) is 10.4 Å². The van der Waals surface area contributed by atoms with Crippen LogP contribution in [0.25, 0.3) is 0 Å². The molecule has 28 heavy (non-hydrogen) atoms. The minimum Gasteiger partial charge on any atom is -0.373 e. The van der Waals surface area contributed by atoms with Crippen LogP contribution in [0.4, 0.5) is 17.1 Å². The highest BCUT2D eigenvalue weighted by atomic mass is 16.7. The van der Waals surface area contributed by atoms with Crippen molar-refractivity contribution in [3.63, 3.8) is 0 Å². The van der Waals surface area contributed by atoms with E-state index in [1.165, 1.54) is 0 Å². The lowest BCUT2D eigenvalue weighted by Crippen LogP contribution is -2.44. The highest BCUT2D eigenvalue weighted by molar-refractivity contribution is 5.93. The highest BCUT2D eigenvalue weighted by Crippen LogP contribution is 2.41. The fourth-order valence-electron chi connectivity index (χ4n) is 3.43. The van der Waals surface area contributed by atoms with Gasteiger partial charge in [0.05, 0.1) is 16.9 Å². The summed E-state index contributed by atoms with van der Waals surface area (Å²) in [4.78, 5) is 17.6. The molecule has 4 rings (SSSR count). The number of hydrogen-bond donors (Lipinski definition) is 3. The monoisotopic (exact) mass is 375 g/mol. The maximum Gasteiger partial charge on any atom is 0.274 e. The summed E-state index contributed by atoms with van der Waals surface area (Å²) >= 11 is 0. The minimum absolute atomic E-state index is 0.383. The minimum atomic E-state index is -0.539. The summed E-state index contributed by atoms with van der Waals surface area (Å²) in [5.41, 5.74) is 5.48. The van der Waals surface area contributed by atoms with E-state index in [1.807, 2.05) is 65.7 Å². The van der Waals surface area contributed by atoms with Crippen LogP contribution < -0.4 is 15.9 Å². The van der Waals surface area contributed by atoms with Crippen molar-refractivity contribution >= 4 is 23.0 Å². The molecule has 1 amide bonds. The molecule has 3 aromatic carbocycles. The molecule has 1 heterocycles. The first-order chi connectivity index (χ1) is 13.6. The normalized spacial score (nSPS) is 18.3. The van der Waals surface area contributed by atoms with E-state index in [0.29, 0.717) is 12.2 Å². The summed E-state index contributed by atoms with van der Waals surface area (Å²) in [6.07, 6.45) is 0. The summed E-state index contributed by atoms with van der Waals surface area (Å²) < 4.78 is 0. The number of carbonyl (C=O) groups is 1. The number of hydrogen-bond acceptors (Lipinski definition) is 5. The van der Waals surface area contributed by atoms with E-state index in [-0.39, 0.29) is 0 Å². The first-order valence-electron chi connectivity index (χ1n) is 9.01. The third kappa shape index (κ3) is 3.31. The number of hydroxylamine groups is 1. The Morgan fingerprint density at radius 1 is 1.00 bits per heavy atom. The van der Waals surface area contributed by atoms with Gasteiger partial charge in [-0.2, -0.15) is 0 Å². The Kier molecular flexibility index (Phi) is 4.73. The van der Waals surface area contributed by atoms with Crippen LogP contribution in [0, 0.1) is 0 Å². The number of nitrogens with one attached hydrogen (secondary N) is 2. The zero-order valence-corrected chi connectivity index (χ0v) is 15.4. The van der Waals surface area contributed by atoms with E-state index in [1.54, 1.807) is 17.6 Å². The van der Waals surface area contributed by atoms with E-state index in [0.717, 1.165) is 22.6 Å². The highest BCUT2D eigenvalue weighted by Gasteiger charge is 2.36. The van der Waals surface area contributed by atoms with Gasteiger partial charge in [-0.25, -0.2) is 10.5 Å². The third-order valence-corrected chi connectivity index (χ3v) is 4.86. The van der Waals surface area contributed by atoms with Gasteiger partial charge in [-0.1, -0.05) is 36.4 Å². The smallest absolute Gasteiger partial charge is 0.274 e. The van der Waals surface area contributed by atoms with Crippen LogP contribution in [-0.4, -0.2) is 17.7 Å². The van der Waals surface area contributed by atoms with Gasteiger partial charge in [0.15, 0.2) is 0 Å². The van der Waals surface area contributed by atoms with Crippen molar-refractivity contribution in [3.05, 3.63) is 90.0 Å². The lowest BCUT2D eigenvalue weighted by atomic mass is 9.89. The number of rotatable bonds is 4. The fourth-order valence-corrected chi connectivity index (χ4v) is 3.43. The number of anilines is 3. The molecule has 1 atom stereocenters. The van der Waals surface area contributed by atoms with Crippen molar-refractivity contribution < 1.29 is 14.8 Å². The van der Waals surface area contributed by atoms with Crippen LogP contribution in [0.1, 0.15) is 22.8 Å². The Hall–Kier alpha value is -3.35. The standard InChI is InChI=1S/C22H21N3O3/c1-22(23-17-13-11-16(12-14-17)21(26)24-27)15-28-25(18-7-3-2-4-8-18)20-10-6-5-9-19(20)22/h2-14,23,27H,15H2,1H3,(H,24,26). The van der Waals surface area contributed by atoms with E-state index < -0.39 is 11.4 Å².